The highest BCUT2D eigenvalue weighted by Gasteiger charge is 2.25. The molecular formula is C14H23N3O. The highest BCUT2D eigenvalue weighted by Crippen LogP contribution is 2.11. The lowest BCUT2D eigenvalue weighted by atomic mass is 10.0. The molecule has 1 aliphatic heterocycles. The molecule has 1 aromatic rings. The summed E-state index contributed by atoms with van der Waals surface area (Å²) in [6, 6.07) is 4.07. The summed E-state index contributed by atoms with van der Waals surface area (Å²) in [5, 5.41) is 0. The van der Waals surface area contributed by atoms with Gasteiger partial charge in [-0.25, -0.2) is 0 Å². The SMILES string of the molecule is CCCN1CCOC(C(N)Cc2cccnc2)C1. The predicted molar refractivity (Wildman–Crippen MR) is 72.4 cm³/mol. The summed E-state index contributed by atoms with van der Waals surface area (Å²) in [5.41, 5.74) is 7.44. The Balaban J connectivity index is 1.86. The normalized spacial score (nSPS) is 22.9. The summed E-state index contributed by atoms with van der Waals surface area (Å²) >= 11 is 0. The van der Waals surface area contributed by atoms with Crippen molar-refractivity contribution in [2.24, 2.45) is 5.73 Å². The molecule has 4 nitrogen and oxygen atoms in total. The van der Waals surface area contributed by atoms with Crippen LogP contribution >= 0.6 is 0 Å². The van der Waals surface area contributed by atoms with Gasteiger partial charge in [-0.15, -0.1) is 0 Å². The third kappa shape index (κ3) is 3.77. The standard InChI is InChI=1S/C14H23N3O/c1-2-6-17-7-8-18-14(11-17)13(15)9-12-4-3-5-16-10-12/h3-5,10,13-14H,2,6-9,11,15H2,1H3. The largest absolute Gasteiger partial charge is 0.374 e. The maximum absolute atomic E-state index is 6.26. The van der Waals surface area contributed by atoms with Gasteiger partial charge in [-0.1, -0.05) is 13.0 Å². The van der Waals surface area contributed by atoms with E-state index in [0.29, 0.717) is 0 Å². The zero-order chi connectivity index (χ0) is 12.8. The van der Waals surface area contributed by atoms with E-state index in [-0.39, 0.29) is 12.1 Å². The molecule has 0 aromatic carbocycles. The summed E-state index contributed by atoms with van der Waals surface area (Å²) in [5.74, 6) is 0. The molecule has 2 rings (SSSR count). The van der Waals surface area contributed by atoms with Crippen molar-refractivity contribution in [3.8, 4) is 0 Å². The van der Waals surface area contributed by atoms with Crippen molar-refractivity contribution in [3.63, 3.8) is 0 Å². The van der Waals surface area contributed by atoms with Crippen LogP contribution in [-0.4, -0.2) is 48.3 Å². The van der Waals surface area contributed by atoms with E-state index in [4.69, 9.17) is 10.5 Å². The van der Waals surface area contributed by atoms with Crippen LogP contribution in [0.3, 0.4) is 0 Å². The highest BCUT2D eigenvalue weighted by molar-refractivity contribution is 5.10. The number of nitrogens with zero attached hydrogens (tertiary/aromatic N) is 2. The van der Waals surface area contributed by atoms with Crippen LogP contribution < -0.4 is 5.73 Å². The van der Waals surface area contributed by atoms with Crippen molar-refractivity contribution in [2.75, 3.05) is 26.2 Å². The smallest absolute Gasteiger partial charge is 0.0856 e. The van der Waals surface area contributed by atoms with Gasteiger partial charge in [0.25, 0.3) is 0 Å². The average Bonchev–Trinajstić information content (AvgIpc) is 2.40. The first-order chi connectivity index (χ1) is 8.79. The summed E-state index contributed by atoms with van der Waals surface area (Å²) in [6.45, 7) is 6.13. The molecule has 2 unspecified atom stereocenters. The van der Waals surface area contributed by atoms with Crippen molar-refractivity contribution in [1.29, 1.82) is 0 Å². The van der Waals surface area contributed by atoms with Gasteiger partial charge in [-0.2, -0.15) is 0 Å². The Hall–Kier alpha value is -0.970. The van der Waals surface area contributed by atoms with E-state index in [1.807, 2.05) is 12.3 Å². The van der Waals surface area contributed by atoms with Crippen LogP contribution in [0.5, 0.6) is 0 Å². The van der Waals surface area contributed by atoms with Crippen LogP contribution in [0.4, 0.5) is 0 Å². The van der Waals surface area contributed by atoms with Gasteiger partial charge in [-0.3, -0.25) is 9.88 Å². The third-order valence-electron chi connectivity index (χ3n) is 3.39. The Kier molecular flexibility index (Phi) is 5.11. The molecule has 1 aliphatic rings. The number of ether oxygens (including phenoxy) is 1. The quantitative estimate of drug-likeness (QED) is 0.848. The lowest BCUT2D eigenvalue weighted by molar-refractivity contribution is -0.0400. The minimum absolute atomic E-state index is 0.0499. The van der Waals surface area contributed by atoms with Crippen LogP contribution in [0.2, 0.25) is 0 Å². The summed E-state index contributed by atoms with van der Waals surface area (Å²) in [4.78, 5) is 6.56. The number of nitrogens with two attached hydrogens (primary N) is 1. The molecule has 100 valence electrons. The second-order valence-corrected chi connectivity index (χ2v) is 4.94. The fraction of sp³-hybridized carbons (Fsp3) is 0.643. The first-order valence-electron chi connectivity index (χ1n) is 6.78. The van der Waals surface area contributed by atoms with Crippen LogP contribution in [0.1, 0.15) is 18.9 Å². The Morgan fingerprint density at radius 2 is 2.50 bits per heavy atom. The highest BCUT2D eigenvalue weighted by atomic mass is 16.5. The second-order valence-electron chi connectivity index (χ2n) is 4.94. The zero-order valence-electron chi connectivity index (χ0n) is 11.1. The number of hydrogen-bond donors (Lipinski definition) is 1. The van der Waals surface area contributed by atoms with Crippen LogP contribution in [0.15, 0.2) is 24.5 Å². The number of hydrogen-bond acceptors (Lipinski definition) is 4. The molecule has 0 spiro atoms. The van der Waals surface area contributed by atoms with Crippen LogP contribution in [0.25, 0.3) is 0 Å². The minimum Gasteiger partial charge on any atom is -0.374 e. The maximum atomic E-state index is 6.26. The molecule has 2 heterocycles. The number of rotatable bonds is 5. The predicted octanol–water partition coefficient (Wildman–Crippen LogP) is 1.06. The molecule has 1 saturated heterocycles. The lowest BCUT2D eigenvalue weighted by Crippen LogP contribution is -2.51. The Morgan fingerprint density at radius 1 is 1.61 bits per heavy atom. The van der Waals surface area contributed by atoms with E-state index in [2.05, 4.69) is 22.9 Å². The number of morpholine rings is 1. The van der Waals surface area contributed by atoms with Gasteiger partial charge in [0.2, 0.25) is 0 Å². The molecule has 1 fully saturated rings. The molecule has 4 heteroatoms. The monoisotopic (exact) mass is 249 g/mol. The minimum atomic E-state index is 0.0499. The van der Waals surface area contributed by atoms with E-state index < -0.39 is 0 Å². The first-order valence-corrected chi connectivity index (χ1v) is 6.78. The molecular weight excluding hydrogens is 226 g/mol. The van der Waals surface area contributed by atoms with Crippen LogP contribution in [-0.2, 0) is 11.2 Å². The van der Waals surface area contributed by atoms with E-state index in [9.17, 15) is 0 Å². The van der Waals surface area contributed by atoms with Gasteiger partial charge in [-0.05, 0) is 31.0 Å². The van der Waals surface area contributed by atoms with Gasteiger partial charge in [0, 0.05) is 31.5 Å². The van der Waals surface area contributed by atoms with Gasteiger partial charge < -0.3 is 10.5 Å². The molecule has 0 radical (unpaired) electrons. The summed E-state index contributed by atoms with van der Waals surface area (Å²) < 4.78 is 5.80. The van der Waals surface area contributed by atoms with E-state index >= 15 is 0 Å². The maximum Gasteiger partial charge on any atom is 0.0856 e. The lowest BCUT2D eigenvalue weighted by Gasteiger charge is -2.35. The molecule has 0 amide bonds. The fourth-order valence-corrected chi connectivity index (χ4v) is 2.43. The molecule has 0 saturated carbocycles. The molecule has 2 atom stereocenters. The van der Waals surface area contributed by atoms with Gasteiger partial charge in [0.15, 0.2) is 0 Å². The summed E-state index contributed by atoms with van der Waals surface area (Å²) in [6.07, 6.45) is 5.83. The van der Waals surface area contributed by atoms with Gasteiger partial charge in [0.05, 0.1) is 12.7 Å². The molecule has 2 N–H and O–H groups in total. The number of pyridine rings is 1. The first kappa shape index (κ1) is 13.5. The third-order valence-corrected chi connectivity index (χ3v) is 3.39. The average molecular weight is 249 g/mol. The van der Waals surface area contributed by atoms with Crippen molar-refractivity contribution < 1.29 is 4.74 Å². The van der Waals surface area contributed by atoms with Crippen molar-refractivity contribution >= 4 is 0 Å². The summed E-state index contributed by atoms with van der Waals surface area (Å²) in [7, 11) is 0. The Morgan fingerprint density at radius 3 is 3.22 bits per heavy atom. The van der Waals surface area contributed by atoms with Crippen molar-refractivity contribution in [2.45, 2.75) is 31.9 Å². The zero-order valence-corrected chi connectivity index (χ0v) is 11.1. The Bertz CT molecular complexity index is 342. The van der Waals surface area contributed by atoms with E-state index in [1.165, 1.54) is 12.0 Å². The van der Waals surface area contributed by atoms with E-state index in [0.717, 1.165) is 32.7 Å². The molecule has 1 aromatic heterocycles. The van der Waals surface area contributed by atoms with Crippen molar-refractivity contribution in [3.05, 3.63) is 30.1 Å². The molecule has 0 bridgehead atoms. The Labute approximate surface area is 109 Å². The van der Waals surface area contributed by atoms with Crippen LogP contribution in [0, 0.1) is 0 Å². The molecule has 0 aliphatic carbocycles. The fourth-order valence-electron chi connectivity index (χ4n) is 2.43. The van der Waals surface area contributed by atoms with E-state index in [1.54, 1.807) is 6.20 Å². The molecule has 18 heavy (non-hydrogen) atoms. The number of aromatic nitrogens is 1. The topological polar surface area (TPSA) is 51.4 Å². The van der Waals surface area contributed by atoms with Gasteiger partial charge >= 0.3 is 0 Å². The van der Waals surface area contributed by atoms with Crippen molar-refractivity contribution in [1.82, 2.24) is 9.88 Å². The van der Waals surface area contributed by atoms with Gasteiger partial charge in [0.1, 0.15) is 0 Å². The second kappa shape index (κ2) is 6.83.